The van der Waals surface area contributed by atoms with Crippen molar-refractivity contribution < 1.29 is 39.0 Å². The molecule has 15 nitrogen and oxygen atoms in total. The van der Waals surface area contributed by atoms with Crippen LogP contribution >= 0.6 is 0 Å². The largest absolute Gasteiger partial charge is 0.480 e. The minimum Gasteiger partial charge on any atom is -0.480 e. The Hall–Kier alpha value is -6.06. The van der Waals surface area contributed by atoms with Crippen molar-refractivity contribution in [2.45, 2.75) is 82.8 Å². The average Bonchev–Trinajstić information content (AvgIpc) is 3.58. The van der Waals surface area contributed by atoms with Gasteiger partial charge < -0.3 is 47.5 Å². The first-order valence-corrected chi connectivity index (χ1v) is 18.5. The fourth-order valence-electron chi connectivity index (χ4n) is 6.18. The van der Waals surface area contributed by atoms with E-state index in [1.807, 2.05) is 68.4 Å². The fraction of sp³-hybridized carbons (Fsp3) is 0.366. The van der Waals surface area contributed by atoms with Crippen LogP contribution in [0.15, 0.2) is 91.1 Å². The minimum atomic E-state index is -1.54. The first-order chi connectivity index (χ1) is 26.7. The number of aromatic amines is 1. The second-order valence-corrected chi connectivity index (χ2v) is 14.2. The zero-order valence-corrected chi connectivity index (χ0v) is 31.7. The van der Waals surface area contributed by atoms with Crippen LogP contribution in [0.3, 0.4) is 0 Å². The summed E-state index contributed by atoms with van der Waals surface area (Å²) < 4.78 is 0. The minimum absolute atomic E-state index is 0.0335. The third-order valence-electron chi connectivity index (χ3n) is 9.11. The highest BCUT2D eigenvalue weighted by Crippen LogP contribution is 2.20. The quantitative estimate of drug-likeness (QED) is 0.0624. The van der Waals surface area contributed by atoms with Crippen LogP contribution in [0.25, 0.3) is 10.9 Å². The number of carboxylic acid groups (broad SMARTS) is 1. The molecule has 0 fully saturated rings. The van der Waals surface area contributed by atoms with E-state index in [2.05, 4.69) is 31.6 Å². The Morgan fingerprint density at radius 2 is 1.23 bits per heavy atom. The maximum absolute atomic E-state index is 14.0. The van der Waals surface area contributed by atoms with Crippen LogP contribution < -0.4 is 32.3 Å². The molecule has 6 atom stereocenters. The van der Waals surface area contributed by atoms with Crippen molar-refractivity contribution in [1.29, 1.82) is 0 Å². The van der Waals surface area contributed by atoms with Gasteiger partial charge in [0.25, 0.3) is 0 Å². The molecule has 298 valence electrons. The van der Waals surface area contributed by atoms with Crippen LogP contribution in [0.1, 0.15) is 43.9 Å². The van der Waals surface area contributed by atoms with Crippen LogP contribution in [0, 0.1) is 5.92 Å². The van der Waals surface area contributed by atoms with E-state index in [1.54, 1.807) is 36.5 Å². The third kappa shape index (κ3) is 12.8. The van der Waals surface area contributed by atoms with Gasteiger partial charge in [-0.05, 0) is 48.4 Å². The number of rotatable bonds is 20. The number of fused-ring (bicyclic) bond motifs is 1. The van der Waals surface area contributed by atoms with Crippen molar-refractivity contribution in [2.75, 3.05) is 6.54 Å². The lowest BCUT2D eigenvalue weighted by Gasteiger charge is -2.26. The van der Waals surface area contributed by atoms with Gasteiger partial charge in [-0.2, -0.15) is 0 Å². The molecule has 10 N–H and O–H groups in total. The van der Waals surface area contributed by atoms with E-state index < -0.39 is 78.4 Å². The van der Waals surface area contributed by atoms with Crippen LogP contribution in [0.4, 0.5) is 0 Å². The van der Waals surface area contributed by atoms with Gasteiger partial charge in [-0.3, -0.25) is 24.0 Å². The summed E-state index contributed by atoms with van der Waals surface area (Å²) in [6.07, 6.45) is 0.795. The number of H-pyrrole nitrogens is 1. The monoisotopic (exact) mass is 769 g/mol. The highest BCUT2D eigenvalue weighted by Gasteiger charge is 2.32. The lowest BCUT2D eigenvalue weighted by Crippen LogP contribution is -2.58. The normalized spacial score (nSPS) is 14.4. The number of aliphatic hydroxyl groups is 1. The Labute approximate surface area is 325 Å². The molecule has 0 radical (unpaired) electrons. The highest BCUT2D eigenvalue weighted by atomic mass is 16.4. The lowest BCUT2D eigenvalue weighted by molar-refractivity contribution is -0.143. The molecule has 0 aliphatic rings. The lowest BCUT2D eigenvalue weighted by atomic mass is 10.00. The summed E-state index contributed by atoms with van der Waals surface area (Å²) in [5.41, 5.74) is 9.36. The molecule has 56 heavy (non-hydrogen) atoms. The van der Waals surface area contributed by atoms with Gasteiger partial charge in [-0.15, -0.1) is 0 Å². The number of aliphatic hydroxyl groups excluding tert-OH is 1. The molecular weight excluding hydrogens is 718 g/mol. The molecule has 3 aromatic carbocycles. The molecule has 0 unspecified atom stereocenters. The number of hydrogen-bond donors (Lipinski definition) is 9. The van der Waals surface area contributed by atoms with Crippen LogP contribution in [0.2, 0.25) is 0 Å². The Bertz CT molecular complexity index is 1950. The number of aromatic nitrogens is 1. The van der Waals surface area contributed by atoms with E-state index in [0.717, 1.165) is 22.0 Å². The van der Waals surface area contributed by atoms with Crippen LogP contribution in [-0.4, -0.2) is 93.6 Å². The molecule has 0 bridgehead atoms. The van der Waals surface area contributed by atoms with Gasteiger partial charge in [0.1, 0.15) is 24.2 Å². The van der Waals surface area contributed by atoms with Crippen molar-refractivity contribution in [3.63, 3.8) is 0 Å². The van der Waals surface area contributed by atoms with E-state index in [1.165, 1.54) is 6.92 Å². The molecule has 4 rings (SSSR count). The molecule has 0 spiro atoms. The molecule has 4 aromatic rings. The molecule has 0 aliphatic carbocycles. The van der Waals surface area contributed by atoms with E-state index in [4.69, 9.17) is 5.73 Å². The van der Waals surface area contributed by atoms with E-state index in [0.29, 0.717) is 5.56 Å². The summed E-state index contributed by atoms with van der Waals surface area (Å²) in [5, 5.41) is 33.6. The standard InChI is InChI=1S/C41H51N7O8/c1-24(2)18-32(38(52)44-23-35(50)48-36(25(3)49)40(54)47-34(41(55)56)20-27-14-8-5-9-15-27)46-39(53)33(21-28-22-43-31-17-11-10-16-29(28)31)45-37(51)30(42)19-26-12-6-4-7-13-26/h4-17,22,24-25,30,32-34,36,43,49H,18-21,23,42H2,1-3H3,(H,44,52)(H,45,51)(H,46,53)(H,47,54)(H,48,50)(H,55,56)/t25-,30+,32+,33+,34+,36+/m1/s1. The van der Waals surface area contributed by atoms with Gasteiger partial charge in [-0.25, -0.2) is 4.79 Å². The van der Waals surface area contributed by atoms with Gasteiger partial charge in [-0.1, -0.05) is 92.7 Å². The number of para-hydroxylation sites is 1. The average molecular weight is 770 g/mol. The predicted octanol–water partition coefficient (Wildman–Crippen LogP) is 1.09. The first-order valence-electron chi connectivity index (χ1n) is 18.5. The van der Waals surface area contributed by atoms with E-state index >= 15 is 0 Å². The maximum atomic E-state index is 14.0. The summed E-state index contributed by atoms with van der Waals surface area (Å²) >= 11 is 0. The van der Waals surface area contributed by atoms with Gasteiger partial charge >= 0.3 is 5.97 Å². The Kier molecular flexibility index (Phi) is 15.7. The maximum Gasteiger partial charge on any atom is 0.326 e. The number of amides is 5. The number of benzene rings is 3. The number of nitrogens with one attached hydrogen (secondary N) is 6. The number of carboxylic acids is 1. The summed E-state index contributed by atoms with van der Waals surface area (Å²) in [5.74, 6) is -5.06. The van der Waals surface area contributed by atoms with Crippen molar-refractivity contribution >= 4 is 46.4 Å². The topological polar surface area (TPSA) is 245 Å². The molecule has 15 heteroatoms. The molecule has 1 aromatic heterocycles. The Balaban J connectivity index is 1.42. The van der Waals surface area contributed by atoms with Gasteiger partial charge in [0.15, 0.2) is 0 Å². The van der Waals surface area contributed by atoms with Gasteiger partial charge in [0, 0.05) is 29.9 Å². The third-order valence-corrected chi connectivity index (χ3v) is 9.11. The van der Waals surface area contributed by atoms with Crippen molar-refractivity contribution in [2.24, 2.45) is 11.7 Å². The van der Waals surface area contributed by atoms with Crippen molar-refractivity contribution in [1.82, 2.24) is 31.6 Å². The summed E-state index contributed by atoms with van der Waals surface area (Å²) in [4.78, 5) is 81.9. The molecular formula is C41H51N7O8. The van der Waals surface area contributed by atoms with Gasteiger partial charge in [0.05, 0.1) is 18.7 Å². The van der Waals surface area contributed by atoms with Crippen LogP contribution in [0.5, 0.6) is 0 Å². The Morgan fingerprint density at radius 1 is 0.661 bits per heavy atom. The number of carbonyl (C=O) groups is 6. The Morgan fingerprint density at radius 3 is 1.84 bits per heavy atom. The molecule has 1 heterocycles. The first kappa shape index (κ1) is 42.7. The van der Waals surface area contributed by atoms with Crippen LogP contribution in [-0.2, 0) is 48.0 Å². The van der Waals surface area contributed by atoms with E-state index in [-0.39, 0.29) is 31.6 Å². The predicted molar refractivity (Wildman–Crippen MR) is 210 cm³/mol. The zero-order valence-electron chi connectivity index (χ0n) is 31.7. The highest BCUT2D eigenvalue weighted by molar-refractivity contribution is 5.96. The fourth-order valence-corrected chi connectivity index (χ4v) is 6.18. The number of nitrogens with two attached hydrogens (primary N) is 1. The SMILES string of the molecule is CC(C)C[C@H](NC(=O)[C@H](Cc1c[nH]c2ccccc12)NC(=O)[C@@H](N)Cc1ccccc1)C(=O)NCC(=O)N[C@H](C(=O)N[C@@H](Cc1ccccc1)C(=O)O)[C@@H](C)O. The molecule has 5 amide bonds. The number of hydrogen-bond acceptors (Lipinski definition) is 8. The van der Waals surface area contributed by atoms with Crippen molar-refractivity contribution in [3.8, 4) is 0 Å². The summed E-state index contributed by atoms with van der Waals surface area (Å²) in [6, 6.07) is 19.3. The molecule has 0 saturated carbocycles. The second kappa shape index (κ2) is 20.6. The zero-order chi connectivity index (χ0) is 40.8. The summed E-state index contributed by atoms with van der Waals surface area (Å²) in [7, 11) is 0. The summed E-state index contributed by atoms with van der Waals surface area (Å²) in [6.45, 7) is 4.32. The van der Waals surface area contributed by atoms with Gasteiger partial charge in [0.2, 0.25) is 29.5 Å². The molecule has 0 aliphatic heterocycles. The van der Waals surface area contributed by atoms with Crippen molar-refractivity contribution in [3.05, 3.63) is 108 Å². The molecule has 0 saturated heterocycles. The van der Waals surface area contributed by atoms with E-state index in [9.17, 15) is 39.0 Å². The number of carbonyl (C=O) groups excluding carboxylic acids is 5. The second-order valence-electron chi connectivity index (χ2n) is 14.2. The smallest absolute Gasteiger partial charge is 0.326 e. The number of aliphatic carboxylic acids is 1.